The van der Waals surface area contributed by atoms with E-state index in [4.69, 9.17) is 18.5 Å². The van der Waals surface area contributed by atoms with E-state index >= 15 is 4.39 Å². The van der Waals surface area contributed by atoms with Gasteiger partial charge >= 0.3 is 19.4 Å². The highest BCUT2D eigenvalue weighted by Crippen LogP contribution is 2.47. The molecule has 0 radical (unpaired) electrons. The molecule has 12 nitrogen and oxygen atoms in total. The highest BCUT2D eigenvalue weighted by molar-refractivity contribution is 7.52. The van der Waals surface area contributed by atoms with Crippen LogP contribution in [-0.2, 0) is 23.4 Å². The Bertz CT molecular complexity index is 1220. The van der Waals surface area contributed by atoms with Crippen LogP contribution in [0.4, 0.5) is 4.39 Å². The fraction of sp³-hybridized carbons (Fsp3) is 0.500. The minimum absolute atomic E-state index is 0.152. The molecule has 36 heavy (non-hydrogen) atoms. The minimum atomic E-state index is -4.30. The number of aromatic amines is 1. The van der Waals surface area contributed by atoms with Crippen molar-refractivity contribution in [3.8, 4) is 5.75 Å². The number of carbonyl (C=O) groups is 1. The Kier molecular flexibility index (Phi) is 8.52. The summed E-state index contributed by atoms with van der Waals surface area (Å²) in [4.78, 5) is 37.7. The number of aliphatic hydroxyl groups is 1. The number of aromatic nitrogens is 2. The van der Waals surface area contributed by atoms with E-state index in [-0.39, 0.29) is 5.75 Å². The van der Waals surface area contributed by atoms with Crippen molar-refractivity contribution in [3.05, 3.63) is 63.4 Å². The molecule has 0 amide bonds. The fourth-order valence-corrected chi connectivity index (χ4v) is 4.97. The highest BCUT2D eigenvalue weighted by atomic mass is 31.2. The number of benzene rings is 1. The summed E-state index contributed by atoms with van der Waals surface area (Å²) in [7, 11) is -4.30. The predicted molar refractivity (Wildman–Crippen MR) is 125 cm³/mol. The Morgan fingerprint density at radius 3 is 2.56 bits per heavy atom. The molecule has 0 aliphatic carbocycles. The van der Waals surface area contributed by atoms with Crippen LogP contribution in [0.25, 0.3) is 0 Å². The first-order valence-corrected chi connectivity index (χ1v) is 12.7. The number of hydrogen-bond donors (Lipinski definition) is 3. The van der Waals surface area contributed by atoms with E-state index in [1.165, 1.54) is 19.1 Å². The van der Waals surface area contributed by atoms with Crippen molar-refractivity contribution >= 4 is 13.7 Å². The molecule has 1 fully saturated rings. The third kappa shape index (κ3) is 6.48. The first-order chi connectivity index (χ1) is 16.8. The second kappa shape index (κ2) is 11.1. The zero-order valence-corrected chi connectivity index (χ0v) is 21.0. The van der Waals surface area contributed by atoms with Crippen LogP contribution in [-0.4, -0.2) is 57.3 Å². The molecule has 2 aromatic rings. The molecule has 1 aromatic carbocycles. The number of rotatable bonds is 10. The number of nitrogens with one attached hydrogen (secondary N) is 2. The van der Waals surface area contributed by atoms with E-state index in [2.05, 4.69) is 5.09 Å². The fourth-order valence-electron chi connectivity index (χ4n) is 3.47. The molecule has 0 saturated carbocycles. The Morgan fingerprint density at radius 1 is 1.28 bits per heavy atom. The zero-order valence-electron chi connectivity index (χ0n) is 20.1. The third-order valence-corrected chi connectivity index (χ3v) is 6.90. The number of ether oxygens (including phenoxy) is 2. The second-order valence-corrected chi connectivity index (χ2v) is 10.4. The molecule has 2 heterocycles. The van der Waals surface area contributed by atoms with Crippen molar-refractivity contribution in [2.24, 2.45) is 0 Å². The van der Waals surface area contributed by atoms with Crippen LogP contribution >= 0.6 is 7.75 Å². The first kappa shape index (κ1) is 27.8. The van der Waals surface area contributed by atoms with Crippen LogP contribution in [0.1, 0.15) is 33.9 Å². The van der Waals surface area contributed by atoms with Crippen molar-refractivity contribution in [3.63, 3.8) is 0 Å². The van der Waals surface area contributed by atoms with Gasteiger partial charge in [-0.1, -0.05) is 18.2 Å². The van der Waals surface area contributed by atoms with Crippen molar-refractivity contribution < 1.29 is 37.4 Å². The van der Waals surface area contributed by atoms with Gasteiger partial charge in [0.2, 0.25) is 0 Å². The van der Waals surface area contributed by atoms with Crippen LogP contribution in [0.15, 0.2) is 52.2 Å². The standard InChI is InChI=1S/C22H29FN3O9P/c1-13(2)33-19(29)14(3)25-36(31,35-15-8-6-5-7-9-15)32-12-16-18(28)22(4,23)20(34-16)26-11-10-17(27)24-21(26)30/h5-11,13-14,16,18,20,28H,12H2,1-4H3,(H,25,31)(H,24,27,30)/t14?,16-,18-,20-,22-,36?/m1/s1. The maximum atomic E-state index is 15.4. The van der Waals surface area contributed by atoms with E-state index in [1.807, 2.05) is 4.98 Å². The molecule has 3 rings (SSSR count). The molecular formula is C22H29FN3O9P. The monoisotopic (exact) mass is 529 g/mol. The van der Waals surface area contributed by atoms with E-state index in [0.29, 0.717) is 0 Å². The van der Waals surface area contributed by atoms with Crippen LogP contribution in [0, 0.1) is 0 Å². The zero-order chi connectivity index (χ0) is 26.7. The molecule has 14 heteroatoms. The van der Waals surface area contributed by atoms with Crippen LogP contribution < -0.4 is 20.9 Å². The van der Waals surface area contributed by atoms with Gasteiger partial charge in [0.1, 0.15) is 24.0 Å². The average Bonchev–Trinajstić information content (AvgIpc) is 3.01. The van der Waals surface area contributed by atoms with Gasteiger partial charge in [-0.3, -0.25) is 23.7 Å². The molecule has 6 atom stereocenters. The molecule has 0 spiro atoms. The number of alkyl halides is 1. The lowest BCUT2D eigenvalue weighted by Crippen LogP contribution is -2.43. The molecule has 1 saturated heterocycles. The van der Waals surface area contributed by atoms with Gasteiger partial charge in [0.05, 0.1) is 12.7 Å². The largest absolute Gasteiger partial charge is 0.462 e. The van der Waals surface area contributed by atoms with E-state index < -0.39 is 67.8 Å². The summed E-state index contributed by atoms with van der Waals surface area (Å²) in [6.45, 7) is 5.07. The van der Waals surface area contributed by atoms with Gasteiger partial charge in [-0.25, -0.2) is 13.8 Å². The number of hydrogen-bond acceptors (Lipinski definition) is 9. The lowest BCUT2D eigenvalue weighted by atomic mass is 9.98. The first-order valence-electron chi connectivity index (χ1n) is 11.1. The van der Waals surface area contributed by atoms with Gasteiger partial charge in [0.15, 0.2) is 11.9 Å². The number of carbonyl (C=O) groups excluding carboxylic acids is 1. The van der Waals surface area contributed by atoms with Crippen molar-refractivity contribution in [1.82, 2.24) is 14.6 Å². The van der Waals surface area contributed by atoms with Gasteiger partial charge in [0.25, 0.3) is 5.56 Å². The Morgan fingerprint density at radius 2 is 1.94 bits per heavy atom. The maximum Gasteiger partial charge on any atom is 0.459 e. The molecule has 1 aliphatic heterocycles. The van der Waals surface area contributed by atoms with Gasteiger partial charge in [-0.05, 0) is 39.8 Å². The average molecular weight is 529 g/mol. The molecule has 1 aliphatic rings. The molecule has 0 bridgehead atoms. The Hall–Kier alpha value is -2.83. The lowest BCUT2D eigenvalue weighted by molar-refractivity contribution is -0.149. The normalized spacial score (nSPS) is 26.4. The quantitative estimate of drug-likeness (QED) is 0.305. The summed E-state index contributed by atoms with van der Waals surface area (Å²) in [5.74, 6) is -0.560. The van der Waals surface area contributed by atoms with Crippen molar-refractivity contribution in [2.45, 2.75) is 63.9 Å². The topological polar surface area (TPSA) is 158 Å². The third-order valence-electron chi connectivity index (χ3n) is 5.26. The number of aliphatic hydroxyl groups excluding tert-OH is 1. The molecule has 2 unspecified atom stereocenters. The van der Waals surface area contributed by atoms with Crippen LogP contribution in [0.2, 0.25) is 0 Å². The summed E-state index contributed by atoms with van der Waals surface area (Å²) in [6.07, 6.45) is -4.21. The van der Waals surface area contributed by atoms with Gasteiger partial charge in [-0.15, -0.1) is 0 Å². The van der Waals surface area contributed by atoms with Crippen molar-refractivity contribution in [1.29, 1.82) is 0 Å². The van der Waals surface area contributed by atoms with E-state index in [9.17, 15) is 24.1 Å². The molecular weight excluding hydrogens is 500 g/mol. The number of para-hydroxylation sites is 1. The highest BCUT2D eigenvalue weighted by Gasteiger charge is 2.55. The maximum absolute atomic E-state index is 15.4. The summed E-state index contributed by atoms with van der Waals surface area (Å²) >= 11 is 0. The van der Waals surface area contributed by atoms with Crippen LogP contribution in [0.3, 0.4) is 0 Å². The molecule has 198 valence electrons. The number of halogens is 1. The number of esters is 1. The Balaban J connectivity index is 1.80. The lowest BCUT2D eigenvalue weighted by Gasteiger charge is -2.25. The van der Waals surface area contributed by atoms with Crippen molar-refractivity contribution in [2.75, 3.05) is 6.61 Å². The second-order valence-electron chi connectivity index (χ2n) is 8.67. The summed E-state index contributed by atoms with van der Waals surface area (Å²) < 4.78 is 51.4. The SMILES string of the molecule is CC(C)OC(=O)C(C)NP(=O)(OC[C@H]1O[C@@H](n2ccc(=O)[nH]c2=O)[C@](C)(F)[C@@H]1O)Oc1ccccc1. The summed E-state index contributed by atoms with van der Waals surface area (Å²) in [5.41, 5.74) is -4.12. The number of H-pyrrole nitrogens is 1. The predicted octanol–water partition coefficient (Wildman–Crippen LogP) is 1.66. The van der Waals surface area contributed by atoms with Gasteiger partial charge < -0.3 is 19.1 Å². The Labute approximate surface area is 205 Å². The summed E-state index contributed by atoms with van der Waals surface area (Å²) in [6, 6.07) is 7.86. The van der Waals surface area contributed by atoms with Crippen LogP contribution in [0.5, 0.6) is 5.75 Å². The summed E-state index contributed by atoms with van der Waals surface area (Å²) in [5, 5.41) is 13.0. The molecule has 1 aromatic heterocycles. The van der Waals surface area contributed by atoms with E-state index in [0.717, 1.165) is 23.8 Å². The van der Waals surface area contributed by atoms with Gasteiger partial charge in [-0.2, -0.15) is 5.09 Å². The van der Waals surface area contributed by atoms with Gasteiger partial charge in [0, 0.05) is 12.3 Å². The molecule has 3 N–H and O–H groups in total. The number of nitrogens with zero attached hydrogens (tertiary/aromatic N) is 1. The van der Waals surface area contributed by atoms with E-state index in [1.54, 1.807) is 32.0 Å². The minimum Gasteiger partial charge on any atom is -0.462 e. The smallest absolute Gasteiger partial charge is 0.459 e.